The van der Waals surface area contributed by atoms with Gasteiger partial charge in [-0.25, -0.2) is 8.78 Å². The van der Waals surface area contributed by atoms with E-state index in [0.717, 1.165) is 22.3 Å². The van der Waals surface area contributed by atoms with Crippen LogP contribution in [0.1, 0.15) is 5.56 Å². The zero-order chi connectivity index (χ0) is 13.1. The Morgan fingerprint density at radius 3 is 2.61 bits per heavy atom. The third kappa shape index (κ3) is 2.98. The molecular formula is C13H11BrF2N2. The van der Waals surface area contributed by atoms with Gasteiger partial charge in [0, 0.05) is 28.0 Å². The standard InChI is InChI=1S/C13H11BrF2N2/c14-11-6-10(17)2-4-13(11)18-7-8-5-9(15)1-3-12(8)16/h1-6,18H,7,17H2. The van der Waals surface area contributed by atoms with E-state index in [9.17, 15) is 8.78 Å². The molecule has 2 aromatic carbocycles. The van der Waals surface area contributed by atoms with Gasteiger partial charge in [-0.3, -0.25) is 0 Å². The summed E-state index contributed by atoms with van der Waals surface area (Å²) in [5.41, 5.74) is 7.29. The predicted molar refractivity (Wildman–Crippen MR) is 72.2 cm³/mol. The van der Waals surface area contributed by atoms with E-state index in [0.29, 0.717) is 5.69 Å². The van der Waals surface area contributed by atoms with Crippen molar-refractivity contribution in [3.05, 3.63) is 58.1 Å². The quantitative estimate of drug-likeness (QED) is 0.843. The van der Waals surface area contributed by atoms with Crippen molar-refractivity contribution < 1.29 is 8.78 Å². The molecule has 2 nitrogen and oxygen atoms in total. The van der Waals surface area contributed by atoms with E-state index in [1.165, 1.54) is 6.07 Å². The average molecular weight is 313 g/mol. The van der Waals surface area contributed by atoms with Crippen molar-refractivity contribution in [3.63, 3.8) is 0 Å². The van der Waals surface area contributed by atoms with Gasteiger partial charge < -0.3 is 11.1 Å². The van der Waals surface area contributed by atoms with Crippen molar-refractivity contribution in [1.82, 2.24) is 0 Å². The number of hydrogen-bond acceptors (Lipinski definition) is 2. The molecule has 18 heavy (non-hydrogen) atoms. The molecule has 2 rings (SSSR count). The molecule has 0 fully saturated rings. The summed E-state index contributed by atoms with van der Waals surface area (Å²) in [6, 6.07) is 8.63. The van der Waals surface area contributed by atoms with Crippen LogP contribution in [0.4, 0.5) is 20.2 Å². The van der Waals surface area contributed by atoms with Crippen LogP contribution in [0.2, 0.25) is 0 Å². The lowest BCUT2D eigenvalue weighted by Crippen LogP contribution is -2.03. The molecule has 0 aliphatic heterocycles. The third-order valence-electron chi connectivity index (χ3n) is 2.47. The van der Waals surface area contributed by atoms with Crippen LogP contribution in [0, 0.1) is 11.6 Å². The Morgan fingerprint density at radius 1 is 1.11 bits per heavy atom. The largest absolute Gasteiger partial charge is 0.399 e. The van der Waals surface area contributed by atoms with Gasteiger partial charge in [-0.2, -0.15) is 0 Å². The molecule has 0 heterocycles. The molecule has 5 heteroatoms. The number of halogens is 3. The van der Waals surface area contributed by atoms with E-state index in [1.807, 2.05) is 0 Å². The SMILES string of the molecule is Nc1ccc(NCc2cc(F)ccc2F)c(Br)c1. The summed E-state index contributed by atoms with van der Waals surface area (Å²) < 4.78 is 27.2. The van der Waals surface area contributed by atoms with Crippen molar-refractivity contribution in [2.75, 3.05) is 11.1 Å². The van der Waals surface area contributed by atoms with Gasteiger partial charge in [-0.05, 0) is 52.3 Å². The Balaban J connectivity index is 2.13. The predicted octanol–water partition coefficient (Wildman–Crippen LogP) is 3.92. The van der Waals surface area contributed by atoms with E-state index in [-0.39, 0.29) is 12.1 Å². The number of nitrogens with one attached hydrogen (secondary N) is 1. The summed E-state index contributed by atoms with van der Waals surface area (Å²) in [5.74, 6) is -0.889. The Labute approximate surface area is 112 Å². The second-order valence-corrected chi connectivity index (χ2v) is 4.68. The number of anilines is 2. The third-order valence-corrected chi connectivity index (χ3v) is 3.13. The second kappa shape index (κ2) is 5.35. The zero-order valence-corrected chi connectivity index (χ0v) is 11.0. The van der Waals surface area contributed by atoms with Crippen LogP contribution in [0.15, 0.2) is 40.9 Å². The molecule has 0 unspecified atom stereocenters. The summed E-state index contributed by atoms with van der Waals surface area (Å²) in [5, 5.41) is 3.02. The molecule has 3 N–H and O–H groups in total. The minimum Gasteiger partial charge on any atom is -0.399 e. The highest BCUT2D eigenvalue weighted by Gasteiger charge is 2.05. The second-order valence-electron chi connectivity index (χ2n) is 3.83. The topological polar surface area (TPSA) is 38.0 Å². The van der Waals surface area contributed by atoms with Crippen LogP contribution in [-0.2, 0) is 6.54 Å². The first-order valence-corrected chi connectivity index (χ1v) is 6.08. The maximum Gasteiger partial charge on any atom is 0.128 e. The first-order chi connectivity index (χ1) is 8.56. The molecule has 0 spiro atoms. The van der Waals surface area contributed by atoms with Gasteiger partial charge in [0.05, 0.1) is 0 Å². The molecule has 0 saturated carbocycles. The molecule has 0 radical (unpaired) electrons. The van der Waals surface area contributed by atoms with E-state index >= 15 is 0 Å². The van der Waals surface area contributed by atoms with E-state index in [1.54, 1.807) is 18.2 Å². The highest BCUT2D eigenvalue weighted by atomic mass is 79.9. The molecule has 0 saturated heterocycles. The normalized spacial score (nSPS) is 10.4. The molecule has 0 aromatic heterocycles. The Kier molecular flexibility index (Phi) is 3.81. The first kappa shape index (κ1) is 12.8. The lowest BCUT2D eigenvalue weighted by atomic mass is 10.2. The lowest BCUT2D eigenvalue weighted by molar-refractivity contribution is 0.587. The van der Waals surface area contributed by atoms with Crippen LogP contribution >= 0.6 is 15.9 Å². The minimum atomic E-state index is -0.454. The molecule has 0 amide bonds. The van der Waals surface area contributed by atoms with Gasteiger partial charge in [0.2, 0.25) is 0 Å². The van der Waals surface area contributed by atoms with Crippen LogP contribution in [0.25, 0.3) is 0 Å². The van der Waals surface area contributed by atoms with Crippen LogP contribution < -0.4 is 11.1 Å². The minimum absolute atomic E-state index is 0.201. The number of benzene rings is 2. The van der Waals surface area contributed by atoms with Crippen LogP contribution in [-0.4, -0.2) is 0 Å². The Bertz CT molecular complexity index is 573. The van der Waals surface area contributed by atoms with E-state index in [4.69, 9.17) is 5.73 Å². The van der Waals surface area contributed by atoms with Gasteiger partial charge in [-0.15, -0.1) is 0 Å². The van der Waals surface area contributed by atoms with E-state index < -0.39 is 11.6 Å². The highest BCUT2D eigenvalue weighted by molar-refractivity contribution is 9.10. The first-order valence-electron chi connectivity index (χ1n) is 5.29. The van der Waals surface area contributed by atoms with Gasteiger partial charge in [0.1, 0.15) is 11.6 Å². The summed E-state index contributed by atoms with van der Waals surface area (Å²) in [6.07, 6.45) is 0. The van der Waals surface area contributed by atoms with Crippen LogP contribution in [0.3, 0.4) is 0 Å². The maximum absolute atomic E-state index is 13.4. The van der Waals surface area contributed by atoms with Gasteiger partial charge in [0.15, 0.2) is 0 Å². The number of hydrogen-bond donors (Lipinski definition) is 2. The number of nitrogens with two attached hydrogens (primary N) is 1. The Hall–Kier alpha value is -1.62. The van der Waals surface area contributed by atoms with Crippen molar-refractivity contribution in [2.24, 2.45) is 0 Å². The molecule has 0 aliphatic carbocycles. The molecular weight excluding hydrogens is 302 g/mol. The smallest absolute Gasteiger partial charge is 0.128 e. The number of nitrogen functional groups attached to an aromatic ring is 1. The molecule has 94 valence electrons. The summed E-state index contributed by atoms with van der Waals surface area (Å²) in [7, 11) is 0. The molecule has 2 aromatic rings. The fourth-order valence-electron chi connectivity index (χ4n) is 1.54. The summed E-state index contributed by atoms with van der Waals surface area (Å²) in [6.45, 7) is 0.201. The van der Waals surface area contributed by atoms with Gasteiger partial charge >= 0.3 is 0 Å². The summed E-state index contributed by atoms with van der Waals surface area (Å²) >= 11 is 3.34. The fraction of sp³-hybridized carbons (Fsp3) is 0.0769. The summed E-state index contributed by atoms with van der Waals surface area (Å²) in [4.78, 5) is 0. The van der Waals surface area contributed by atoms with Crippen molar-refractivity contribution in [2.45, 2.75) is 6.54 Å². The van der Waals surface area contributed by atoms with E-state index in [2.05, 4.69) is 21.2 Å². The van der Waals surface area contributed by atoms with Crippen LogP contribution in [0.5, 0.6) is 0 Å². The lowest BCUT2D eigenvalue weighted by Gasteiger charge is -2.10. The number of rotatable bonds is 3. The fourth-order valence-corrected chi connectivity index (χ4v) is 2.08. The monoisotopic (exact) mass is 312 g/mol. The van der Waals surface area contributed by atoms with Crippen molar-refractivity contribution in [3.8, 4) is 0 Å². The zero-order valence-electron chi connectivity index (χ0n) is 9.38. The average Bonchev–Trinajstić information content (AvgIpc) is 2.32. The maximum atomic E-state index is 13.4. The van der Waals surface area contributed by atoms with Gasteiger partial charge in [-0.1, -0.05) is 0 Å². The molecule has 0 atom stereocenters. The van der Waals surface area contributed by atoms with Gasteiger partial charge in [0.25, 0.3) is 0 Å². The van der Waals surface area contributed by atoms with Crippen molar-refractivity contribution >= 4 is 27.3 Å². The van der Waals surface area contributed by atoms with Crippen molar-refractivity contribution in [1.29, 1.82) is 0 Å². The molecule has 0 aliphatic rings. The highest BCUT2D eigenvalue weighted by Crippen LogP contribution is 2.25. The Morgan fingerprint density at radius 2 is 1.89 bits per heavy atom. The molecule has 0 bridgehead atoms.